The van der Waals surface area contributed by atoms with Gasteiger partial charge in [-0.1, -0.05) is 6.07 Å². The quantitative estimate of drug-likeness (QED) is 0.175. The number of aryl methyl sites for hydroxylation is 1. The summed E-state index contributed by atoms with van der Waals surface area (Å²) in [5, 5.41) is 24.6. The first-order valence-electron chi connectivity index (χ1n) is 10.4. The summed E-state index contributed by atoms with van der Waals surface area (Å²) >= 11 is 5.43. The maximum atomic E-state index is 12.2. The van der Waals surface area contributed by atoms with Crippen LogP contribution in [0.5, 0.6) is 5.75 Å². The van der Waals surface area contributed by atoms with E-state index in [1.165, 1.54) is 30.3 Å². The molecule has 0 fully saturated rings. The Morgan fingerprint density at radius 3 is 2.31 bits per heavy atom. The molecule has 0 spiro atoms. The molecule has 0 aliphatic rings. The Kier molecular flexibility index (Phi) is 8.19. The van der Waals surface area contributed by atoms with Gasteiger partial charge in [-0.2, -0.15) is 13.5 Å². The third kappa shape index (κ3) is 6.29. The van der Waals surface area contributed by atoms with Crippen molar-refractivity contribution in [2.24, 2.45) is 10.2 Å². The second-order valence-corrected chi connectivity index (χ2v) is 11.7. The first kappa shape index (κ1) is 27.3. The SMILES string of the molecule is CNc1cc(C)cc2cc(S(=O)(=O)O)c(N=Nc3ccc(C(=O)NCS(=O)(=O)CCCl)cc3)c(O)c12. The van der Waals surface area contributed by atoms with Crippen LogP contribution in [0, 0.1) is 6.92 Å². The third-order valence-corrected chi connectivity index (χ3v) is 7.77. The summed E-state index contributed by atoms with van der Waals surface area (Å²) in [6, 6.07) is 10.1. The lowest BCUT2D eigenvalue weighted by atomic mass is 10.0. The number of phenolic OH excluding ortho intramolecular Hbond substituents is 1. The maximum Gasteiger partial charge on any atom is 0.296 e. The van der Waals surface area contributed by atoms with Crippen LogP contribution in [-0.4, -0.2) is 57.0 Å². The van der Waals surface area contributed by atoms with Crippen LogP contribution in [0.15, 0.2) is 57.6 Å². The van der Waals surface area contributed by atoms with Crippen LogP contribution in [0.3, 0.4) is 0 Å². The predicted molar refractivity (Wildman–Crippen MR) is 137 cm³/mol. The van der Waals surface area contributed by atoms with Gasteiger partial charge in [-0.3, -0.25) is 9.35 Å². The minimum atomic E-state index is -4.77. The molecule has 0 aromatic heterocycles. The minimum Gasteiger partial charge on any atom is -0.505 e. The van der Waals surface area contributed by atoms with Crippen molar-refractivity contribution in [3.63, 3.8) is 0 Å². The average molecular weight is 555 g/mol. The number of carbonyl (C=O) groups is 1. The topological polar surface area (TPSA) is 175 Å². The van der Waals surface area contributed by atoms with Gasteiger partial charge in [-0.05, 0) is 54.3 Å². The van der Waals surface area contributed by atoms with Crippen molar-refractivity contribution in [2.45, 2.75) is 11.8 Å². The zero-order valence-corrected chi connectivity index (χ0v) is 21.6. The van der Waals surface area contributed by atoms with Gasteiger partial charge in [-0.25, -0.2) is 8.42 Å². The number of anilines is 1. The number of rotatable bonds is 9. The van der Waals surface area contributed by atoms with Gasteiger partial charge in [0.15, 0.2) is 15.6 Å². The Morgan fingerprint density at radius 1 is 1.06 bits per heavy atom. The summed E-state index contributed by atoms with van der Waals surface area (Å²) in [5.74, 6) is -2.04. The van der Waals surface area contributed by atoms with Gasteiger partial charge in [0.1, 0.15) is 16.5 Å². The Hall–Kier alpha value is -3.26. The molecular formula is C22H23ClN4O7S2. The molecule has 14 heteroatoms. The molecule has 0 radical (unpaired) electrons. The van der Waals surface area contributed by atoms with Crippen LogP contribution < -0.4 is 10.6 Å². The lowest BCUT2D eigenvalue weighted by Gasteiger charge is -2.13. The Balaban J connectivity index is 1.95. The van der Waals surface area contributed by atoms with Crippen molar-refractivity contribution in [3.05, 3.63) is 53.6 Å². The largest absolute Gasteiger partial charge is 0.505 e. The van der Waals surface area contributed by atoms with E-state index >= 15 is 0 Å². The number of fused-ring (bicyclic) bond motifs is 1. The molecule has 0 aliphatic heterocycles. The molecule has 192 valence electrons. The molecule has 0 bridgehead atoms. The fourth-order valence-corrected chi connectivity index (χ4v) is 5.48. The van der Waals surface area contributed by atoms with E-state index in [0.29, 0.717) is 16.5 Å². The van der Waals surface area contributed by atoms with E-state index in [0.717, 1.165) is 5.56 Å². The van der Waals surface area contributed by atoms with Crippen LogP contribution in [0.1, 0.15) is 15.9 Å². The summed E-state index contributed by atoms with van der Waals surface area (Å²) in [7, 11) is -6.65. The Morgan fingerprint density at radius 2 is 1.72 bits per heavy atom. The molecule has 0 aliphatic carbocycles. The number of nitrogens with one attached hydrogen (secondary N) is 2. The van der Waals surface area contributed by atoms with Crippen molar-refractivity contribution in [1.29, 1.82) is 0 Å². The van der Waals surface area contributed by atoms with Crippen molar-refractivity contribution in [3.8, 4) is 5.75 Å². The van der Waals surface area contributed by atoms with Gasteiger partial charge >= 0.3 is 0 Å². The number of aromatic hydroxyl groups is 1. The van der Waals surface area contributed by atoms with Gasteiger partial charge in [0.25, 0.3) is 16.0 Å². The first-order chi connectivity index (χ1) is 16.9. The number of halogens is 1. The van der Waals surface area contributed by atoms with Gasteiger partial charge in [-0.15, -0.1) is 16.7 Å². The van der Waals surface area contributed by atoms with Gasteiger partial charge in [0.2, 0.25) is 0 Å². The molecule has 0 unspecified atom stereocenters. The number of hydrogen-bond acceptors (Lipinski definition) is 9. The molecular weight excluding hydrogens is 532 g/mol. The van der Waals surface area contributed by atoms with Crippen LogP contribution in [0.2, 0.25) is 0 Å². The van der Waals surface area contributed by atoms with Crippen LogP contribution >= 0.6 is 11.6 Å². The van der Waals surface area contributed by atoms with Crippen molar-refractivity contribution >= 4 is 65.3 Å². The highest BCUT2D eigenvalue weighted by Crippen LogP contribution is 2.44. The lowest BCUT2D eigenvalue weighted by Crippen LogP contribution is -2.31. The minimum absolute atomic E-state index is 0.0835. The average Bonchev–Trinajstić information content (AvgIpc) is 2.80. The summed E-state index contributed by atoms with van der Waals surface area (Å²) in [6.07, 6.45) is 0. The summed E-state index contributed by atoms with van der Waals surface area (Å²) < 4.78 is 57.2. The molecule has 0 saturated carbocycles. The highest BCUT2D eigenvalue weighted by atomic mass is 35.5. The van der Waals surface area contributed by atoms with Gasteiger partial charge in [0.05, 0.1) is 11.4 Å². The zero-order valence-electron chi connectivity index (χ0n) is 19.2. The van der Waals surface area contributed by atoms with E-state index in [-0.39, 0.29) is 22.9 Å². The van der Waals surface area contributed by atoms with Gasteiger partial charge < -0.3 is 15.7 Å². The number of amides is 1. The fraction of sp³-hybridized carbons (Fsp3) is 0.227. The Bertz CT molecular complexity index is 1560. The molecule has 3 aromatic carbocycles. The number of alkyl halides is 1. The second kappa shape index (κ2) is 10.8. The van der Waals surface area contributed by atoms with Crippen LogP contribution in [0.4, 0.5) is 17.1 Å². The second-order valence-electron chi connectivity index (χ2n) is 7.74. The monoisotopic (exact) mass is 554 g/mol. The van der Waals surface area contributed by atoms with Crippen molar-refractivity contribution < 1.29 is 31.3 Å². The number of carbonyl (C=O) groups excluding carboxylic acids is 1. The number of phenols is 1. The van der Waals surface area contributed by atoms with Gasteiger partial charge in [0, 0.05) is 29.6 Å². The lowest BCUT2D eigenvalue weighted by molar-refractivity contribution is 0.0960. The molecule has 1 amide bonds. The molecule has 0 saturated heterocycles. The van der Waals surface area contributed by atoms with Crippen LogP contribution in [-0.2, 0) is 20.0 Å². The maximum absolute atomic E-state index is 12.2. The van der Waals surface area contributed by atoms with E-state index in [2.05, 4.69) is 20.9 Å². The number of sulfone groups is 1. The number of benzene rings is 3. The summed E-state index contributed by atoms with van der Waals surface area (Å²) in [5.41, 5.74) is 1.19. The fourth-order valence-electron chi connectivity index (χ4n) is 3.38. The van der Waals surface area contributed by atoms with E-state index in [4.69, 9.17) is 11.6 Å². The molecule has 3 aromatic rings. The van der Waals surface area contributed by atoms with E-state index in [1.807, 2.05) is 0 Å². The third-order valence-electron chi connectivity index (χ3n) is 5.08. The smallest absolute Gasteiger partial charge is 0.296 e. The van der Waals surface area contributed by atoms with E-state index in [9.17, 15) is 31.3 Å². The molecule has 3 rings (SSSR count). The molecule has 4 N–H and O–H groups in total. The Labute approximate surface area is 212 Å². The normalized spacial score (nSPS) is 12.2. The van der Waals surface area contributed by atoms with Crippen molar-refractivity contribution in [2.75, 3.05) is 29.9 Å². The predicted octanol–water partition coefficient (Wildman–Crippen LogP) is 3.90. The number of hydrogen-bond donors (Lipinski definition) is 4. The number of nitrogens with zero attached hydrogens (tertiary/aromatic N) is 2. The molecule has 0 heterocycles. The van der Waals surface area contributed by atoms with E-state index in [1.54, 1.807) is 26.1 Å². The summed E-state index contributed by atoms with van der Waals surface area (Å²) in [6.45, 7) is 1.79. The standard InChI is InChI=1S/C22H23ClN4O7S2/c1-13-9-15-11-18(36(32,33)34)20(21(28)19(15)17(10-13)24-2)27-26-16-5-3-14(4-6-16)22(29)25-12-35(30,31)8-7-23/h3-6,9-11,24,28H,7-8,12H2,1-2H3,(H,25,29)(H,32,33,34). The van der Waals surface area contributed by atoms with E-state index < -0.39 is 48.1 Å². The molecule has 36 heavy (non-hydrogen) atoms. The molecule has 11 nitrogen and oxygen atoms in total. The van der Waals surface area contributed by atoms with Crippen LogP contribution in [0.25, 0.3) is 10.8 Å². The zero-order chi connectivity index (χ0) is 26.7. The highest BCUT2D eigenvalue weighted by Gasteiger charge is 2.23. The summed E-state index contributed by atoms with van der Waals surface area (Å²) in [4.78, 5) is 11.6. The van der Waals surface area contributed by atoms with Crippen molar-refractivity contribution in [1.82, 2.24) is 5.32 Å². The first-order valence-corrected chi connectivity index (χ1v) is 14.2. The molecule has 0 atom stereocenters. The highest BCUT2D eigenvalue weighted by molar-refractivity contribution is 7.91. The number of azo groups is 1.